The number of nitrogens with one attached hydrogen (secondary N) is 1. The van der Waals surface area contributed by atoms with Crippen LogP contribution in [0.15, 0.2) is 12.7 Å². The van der Waals surface area contributed by atoms with Crippen LogP contribution in [0, 0.1) is 5.41 Å². The van der Waals surface area contributed by atoms with Crippen LogP contribution in [0.2, 0.25) is 0 Å². The third-order valence-corrected chi connectivity index (χ3v) is 3.42. The van der Waals surface area contributed by atoms with E-state index in [0.717, 1.165) is 4.90 Å². The van der Waals surface area contributed by atoms with Crippen molar-refractivity contribution in [3.8, 4) is 0 Å². The third-order valence-electron chi connectivity index (χ3n) is 3.42. The highest BCUT2D eigenvalue weighted by molar-refractivity contribution is 6.45. The van der Waals surface area contributed by atoms with E-state index >= 15 is 0 Å². The number of carbonyl (C=O) groups excluding carboxylic acids is 4. The summed E-state index contributed by atoms with van der Waals surface area (Å²) in [5, 5.41) is 2.71. The molecule has 1 saturated heterocycles. The molecule has 21 heavy (non-hydrogen) atoms. The summed E-state index contributed by atoms with van der Waals surface area (Å²) in [5.41, 5.74) is -0.153. The Hall–Kier alpha value is -2.18. The van der Waals surface area contributed by atoms with Crippen molar-refractivity contribution in [1.82, 2.24) is 15.1 Å². The summed E-state index contributed by atoms with van der Waals surface area (Å²) < 4.78 is 0. The largest absolute Gasteiger partial charge is 0.352 e. The highest BCUT2D eigenvalue weighted by Crippen LogP contribution is 2.18. The highest BCUT2D eigenvalue weighted by atomic mass is 16.2. The molecule has 0 aromatic heterocycles. The molecule has 0 aliphatic carbocycles. The minimum atomic E-state index is -0.986. The fraction of sp³-hybridized carbons (Fsp3) is 0.571. The van der Waals surface area contributed by atoms with Gasteiger partial charge in [0.25, 0.3) is 0 Å². The van der Waals surface area contributed by atoms with Crippen LogP contribution >= 0.6 is 0 Å². The van der Waals surface area contributed by atoms with Gasteiger partial charge < -0.3 is 5.32 Å². The molecule has 1 aliphatic rings. The van der Waals surface area contributed by atoms with Crippen LogP contribution in [0.3, 0.4) is 0 Å². The summed E-state index contributed by atoms with van der Waals surface area (Å²) in [7, 11) is 0. The van der Waals surface area contributed by atoms with Crippen LogP contribution in [0.4, 0.5) is 4.79 Å². The Balaban J connectivity index is 2.73. The molecule has 1 N–H and O–H groups in total. The minimum absolute atomic E-state index is 0.0556. The molecular formula is C14H21N3O4. The standard InChI is InChI=1S/C14H21N3O4/c1-6-7-16-11(19)12(20)17(13(16)21)8-10(18)15-9(2)14(3,4)5/h6,9H,1,7-8H2,2-5H3,(H,15,18)/t9-/m1/s1. The number of amides is 5. The van der Waals surface area contributed by atoms with Crippen molar-refractivity contribution in [2.45, 2.75) is 33.7 Å². The van der Waals surface area contributed by atoms with Crippen LogP contribution in [0.25, 0.3) is 0 Å². The van der Waals surface area contributed by atoms with Gasteiger partial charge in [-0.05, 0) is 12.3 Å². The monoisotopic (exact) mass is 295 g/mol. The predicted octanol–water partition coefficient (Wildman–Crippen LogP) is 0.514. The summed E-state index contributed by atoms with van der Waals surface area (Å²) in [6.45, 7) is 10.6. The second-order valence-electron chi connectivity index (χ2n) is 6.03. The fourth-order valence-electron chi connectivity index (χ4n) is 1.63. The highest BCUT2D eigenvalue weighted by Gasteiger charge is 2.44. The molecule has 0 aromatic carbocycles. The van der Waals surface area contributed by atoms with Gasteiger partial charge in [0.2, 0.25) is 5.91 Å². The van der Waals surface area contributed by atoms with Gasteiger partial charge in [-0.1, -0.05) is 26.8 Å². The first-order chi connectivity index (χ1) is 9.59. The van der Waals surface area contributed by atoms with Crippen LogP contribution < -0.4 is 5.32 Å². The van der Waals surface area contributed by atoms with Crippen molar-refractivity contribution in [2.24, 2.45) is 5.41 Å². The number of rotatable bonds is 5. The Morgan fingerprint density at radius 1 is 1.24 bits per heavy atom. The van der Waals surface area contributed by atoms with Crippen molar-refractivity contribution in [3.05, 3.63) is 12.7 Å². The number of nitrogens with zero attached hydrogens (tertiary/aromatic N) is 2. The fourth-order valence-corrected chi connectivity index (χ4v) is 1.63. The van der Waals surface area contributed by atoms with Gasteiger partial charge in [-0.15, -0.1) is 6.58 Å². The molecule has 0 radical (unpaired) electrons. The summed E-state index contributed by atoms with van der Waals surface area (Å²) >= 11 is 0. The molecule has 5 amide bonds. The lowest BCUT2D eigenvalue weighted by Crippen LogP contribution is -2.47. The maximum absolute atomic E-state index is 11.9. The molecule has 0 unspecified atom stereocenters. The van der Waals surface area contributed by atoms with Crippen LogP contribution in [0.1, 0.15) is 27.7 Å². The van der Waals surface area contributed by atoms with Crippen molar-refractivity contribution < 1.29 is 19.2 Å². The second-order valence-corrected chi connectivity index (χ2v) is 6.03. The number of carbonyl (C=O) groups is 4. The normalized spacial score (nSPS) is 17.2. The van der Waals surface area contributed by atoms with Gasteiger partial charge in [0.15, 0.2) is 0 Å². The Labute approximate surface area is 124 Å². The van der Waals surface area contributed by atoms with Crippen molar-refractivity contribution in [1.29, 1.82) is 0 Å². The predicted molar refractivity (Wildman–Crippen MR) is 76.1 cm³/mol. The Morgan fingerprint density at radius 2 is 1.76 bits per heavy atom. The van der Waals surface area contributed by atoms with E-state index < -0.39 is 30.3 Å². The van der Waals surface area contributed by atoms with E-state index in [1.165, 1.54) is 6.08 Å². The SMILES string of the molecule is C=CCN1C(=O)C(=O)N(CC(=O)N[C@H](C)C(C)(C)C)C1=O. The van der Waals surface area contributed by atoms with E-state index in [0.29, 0.717) is 4.90 Å². The van der Waals surface area contributed by atoms with E-state index in [2.05, 4.69) is 11.9 Å². The summed E-state index contributed by atoms with van der Waals surface area (Å²) in [6.07, 6.45) is 1.34. The van der Waals surface area contributed by atoms with Gasteiger partial charge in [-0.2, -0.15) is 0 Å². The van der Waals surface area contributed by atoms with E-state index in [-0.39, 0.29) is 18.0 Å². The number of imide groups is 2. The summed E-state index contributed by atoms with van der Waals surface area (Å²) in [5.74, 6) is -2.40. The molecule has 0 aromatic rings. The van der Waals surface area contributed by atoms with Gasteiger partial charge >= 0.3 is 17.8 Å². The Morgan fingerprint density at radius 3 is 2.24 bits per heavy atom. The maximum atomic E-state index is 11.9. The zero-order valence-corrected chi connectivity index (χ0v) is 12.8. The van der Waals surface area contributed by atoms with Crippen LogP contribution in [0.5, 0.6) is 0 Å². The average Bonchev–Trinajstić information content (AvgIpc) is 2.55. The first kappa shape index (κ1) is 16.9. The smallest absolute Gasteiger partial charge is 0.335 e. The Bertz CT molecular complexity index is 493. The van der Waals surface area contributed by atoms with E-state index in [4.69, 9.17) is 0 Å². The average molecular weight is 295 g/mol. The first-order valence-electron chi connectivity index (χ1n) is 6.67. The second kappa shape index (κ2) is 6.07. The zero-order chi connectivity index (χ0) is 16.4. The zero-order valence-electron chi connectivity index (χ0n) is 12.8. The van der Waals surface area contributed by atoms with Gasteiger partial charge in [-0.25, -0.2) is 9.69 Å². The van der Waals surface area contributed by atoms with Gasteiger partial charge in [0.1, 0.15) is 6.54 Å². The molecule has 1 aliphatic heterocycles. The first-order valence-corrected chi connectivity index (χ1v) is 6.67. The lowest BCUT2D eigenvalue weighted by molar-refractivity contribution is -0.143. The molecule has 7 heteroatoms. The summed E-state index contributed by atoms with van der Waals surface area (Å²) in [4.78, 5) is 48.6. The van der Waals surface area contributed by atoms with Crippen LogP contribution in [-0.2, 0) is 14.4 Å². The van der Waals surface area contributed by atoms with Crippen molar-refractivity contribution in [3.63, 3.8) is 0 Å². The molecule has 7 nitrogen and oxygen atoms in total. The summed E-state index contributed by atoms with van der Waals surface area (Å²) in [6, 6.07) is -0.929. The Kier molecular flexibility index (Phi) is 4.88. The molecule has 1 atom stereocenters. The molecule has 1 rings (SSSR count). The van der Waals surface area contributed by atoms with Crippen molar-refractivity contribution >= 4 is 23.8 Å². The lowest BCUT2D eigenvalue weighted by atomic mass is 9.88. The quantitative estimate of drug-likeness (QED) is 0.455. The number of hydrogen-bond donors (Lipinski definition) is 1. The molecule has 116 valence electrons. The van der Waals surface area contributed by atoms with Gasteiger partial charge in [-0.3, -0.25) is 19.3 Å². The topological polar surface area (TPSA) is 86.8 Å². The minimum Gasteiger partial charge on any atom is -0.352 e. The third kappa shape index (κ3) is 3.68. The molecular weight excluding hydrogens is 274 g/mol. The van der Waals surface area contributed by atoms with Crippen LogP contribution in [-0.4, -0.2) is 52.7 Å². The molecule has 0 bridgehead atoms. The maximum Gasteiger partial charge on any atom is 0.335 e. The van der Waals surface area contributed by atoms with E-state index in [1.54, 1.807) is 0 Å². The van der Waals surface area contributed by atoms with E-state index in [9.17, 15) is 19.2 Å². The number of hydrogen-bond acceptors (Lipinski definition) is 4. The van der Waals surface area contributed by atoms with Gasteiger partial charge in [0, 0.05) is 12.6 Å². The van der Waals surface area contributed by atoms with Gasteiger partial charge in [0.05, 0.1) is 0 Å². The lowest BCUT2D eigenvalue weighted by Gasteiger charge is -2.28. The molecule has 1 fully saturated rings. The molecule has 1 heterocycles. The van der Waals surface area contributed by atoms with E-state index in [1.807, 2.05) is 27.7 Å². The number of urea groups is 1. The molecule has 0 spiro atoms. The molecule has 0 saturated carbocycles. The van der Waals surface area contributed by atoms with Crippen molar-refractivity contribution in [2.75, 3.05) is 13.1 Å².